The van der Waals surface area contributed by atoms with E-state index in [9.17, 15) is 14.7 Å². The largest absolute Gasteiger partial charge is 0.480 e. The van der Waals surface area contributed by atoms with Gasteiger partial charge in [-0.05, 0) is 17.7 Å². The van der Waals surface area contributed by atoms with Crippen LogP contribution < -0.4 is 5.32 Å². The van der Waals surface area contributed by atoms with Gasteiger partial charge in [-0.15, -0.1) is 0 Å². The zero-order valence-electron chi connectivity index (χ0n) is 12.3. The van der Waals surface area contributed by atoms with Crippen LogP contribution in [0.25, 0.3) is 0 Å². The number of aliphatic carboxylic acids is 1. The number of carboxylic acid groups (broad SMARTS) is 1. The SMILES string of the molecule is CN(Cc1cccc(Cl)c1)C(=O)NC1(C(=O)O)CCOCC1. The lowest BCUT2D eigenvalue weighted by Gasteiger charge is -2.35. The summed E-state index contributed by atoms with van der Waals surface area (Å²) in [6, 6.07) is 6.76. The molecule has 1 saturated heterocycles. The van der Waals surface area contributed by atoms with E-state index < -0.39 is 17.5 Å². The number of hydrogen-bond acceptors (Lipinski definition) is 3. The van der Waals surface area contributed by atoms with Gasteiger partial charge in [0.1, 0.15) is 5.54 Å². The fourth-order valence-electron chi connectivity index (χ4n) is 2.39. The highest BCUT2D eigenvalue weighted by atomic mass is 35.5. The molecular formula is C15H19ClN2O4. The van der Waals surface area contributed by atoms with Crippen molar-refractivity contribution in [1.29, 1.82) is 0 Å². The average Bonchev–Trinajstić information content (AvgIpc) is 2.48. The molecule has 7 heteroatoms. The third kappa shape index (κ3) is 3.90. The molecule has 2 rings (SSSR count). The third-order valence-electron chi connectivity index (χ3n) is 3.76. The Labute approximate surface area is 134 Å². The zero-order chi connectivity index (χ0) is 16.2. The van der Waals surface area contributed by atoms with Crippen LogP contribution in [0, 0.1) is 0 Å². The zero-order valence-corrected chi connectivity index (χ0v) is 13.1. The van der Waals surface area contributed by atoms with E-state index in [0.717, 1.165) is 5.56 Å². The summed E-state index contributed by atoms with van der Waals surface area (Å²) in [6.45, 7) is 0.994. The summed E-state index contributed by atoms with van der Waals surface area (Å²) in [5, 5.41) is 12.7. The molecule has 1 aliphatic heterocycles. The van der Waals surface area contributed by atoms with Crippen LogP contribution in [0.15, 0.2) is 24.3 Å². The Morgan fingerprint density at radius 3 is 2.68 bits per heavy atom. The van der Waals surface area contributed by atoms with E-state index in [-0.39, 0.29) is 12.8 Å². The topological polar surface area (TPSA) is 78.9 Å². The van der Waals surface area contributed by atoms with E-state index >= 15 is 0 Å². The third-order valence-corrected chi connectivity index (χ3v) is 3.99. The maximum atomic E-state index is 12.3. The number of ether oxygens (including phenoxy) is 1. The number of carboxylic acids is 1. The van der Waals surface area contributed by atoms with Crippen molar-refractivity contribution < 1.29 is 19.4 Å². The molecule has 120 valence electrons. The molecular weight excluding hydrogens is 308 g/mol. The highest BCUT2D eigenvalue weighted by Crippen LogP contribution is 2.21. The first-order valence-corrected chi connectivity index (χ1v) is 7.40. The Kier molecular flexibility index (Phi) is 5.26. The molecule has 0 atom stereocenters. The van der Waals surface area contributed by atoms with Crippen molar-refractivity contribution in [3.63, 3.8) is 0 Å². The first-order chi connectivity index (χ1) is 10.4. The number of benzene rings is 1. The van der Waals surface area contributed by atoms with E-state index in [4.69, 9.17) is 16.3 Å². The highest BCUT2D eigenvalue weighted by molar-refractivity contribution is 6.30. The van der Waals surface area contributed by atoms with Crippen LogP contribution >= 0.6 is 11.6 Å². The molecule has 6 nitrogen and oxygen atoms in total. The van der Waals surface area contributed by atoms with Gasteiger partial charge in [0, 0.05) is 44.7 Å². The molecule has 0 spiro atoms. The lowest BCUT2D eigenvalue weighted by molar-refractivity contribution is -0.148. The van der Waals surface area contributed by atoms with Crippen molar-refractivity contribution in [3.05, 3.63) is 34.9 Å². The number of halogens is 1. The van der Waals surface area contributed by atoms with Gasteiger partial charge in [0.15, 0.2) is 0 Å². The molecule has 1 aromatic carbocycles. The lowest BCUT2D eigenvalue weighted by Crippen LogP contribution is -2.59. The van der Waals surface area contributed by atoms with Crippen LogP contribution in [0.3, 0.4) is 0 Å². The van der Waals surface area contributed by atoms with E-state index in [1.807, 2.05) is 6.07 Å². The summed E-state index contributed by atoms with van der Waals surface area (Å²) >= 11 is 5.92. The first kappa shape index (κ1) is 16.6. The van der Waals surface area contributed by atoms with Crippen LogP contribution in [0.2, 0.25) is 5.02 Å². The Hall–Kier alpha value is -1.79. The van der Waals surface area contributed by atoms with Gasteiger partial charge >= 0.3 is 12.0 Å². The van der Waals surface area contributed by atoms with Gasteiger partial charge in [-0.25, -0.2) is 9.59 Å². The maximum Gasteiger partial charge on any atom is 0.329 e. The van der Waals surface area contributed by atoms with Crippen molar-refractivity contribution in [2.75, 3.05) is 20.3 Å². The molecule has 2 N–H and O–H groups in total. The normalized spacial score (nSPS) is 16.8. The molecule has 1 heterocycles. The molecule has 0 bridgehead atoms. The molecule has 0 aliphatic carbocycles. The molecule has 0 saturated carbocycles. The number of urea groups is 1. The first-order valence-electron chi connectivity index (χ1n) is 7.02. The number of carbonyl (C=O) groups is 2. The standard InChI is InChI=1S/C15H19ClN2O4/c1-18(10-11-3-2-4-12(16)9-11)14(21)17-15(13(19)20)5-7-22-8-6-15/h2-4,9H,5-8,10H2,1H3,(H,17,21)(H,19,20). The van der Waals surface area contributed by atoms with E-state index in [1.54, 1.807) is 25.2 Å². The summed E-state index contributed by atoms with van der Waals surface area (Å²) in [6.07, 6.45) is 0.526. The summed E-state index contributed by atoms with van der Waals surface area (Å²) in [5.41, 5.74) is -0.376. The Morgan fingerprint density at radius 1 is 1.41 bits per heavy atom. The number of carbonyl (C=O) groups excluding carboxylic acids is 1. The summed E-state index contributed by atoms with van der Waals surface area (Å²) in [5.74, 6) is -1.03. The molecule has 0 aromatic heterocycles. The molecule has 0 radical (unpaired) electrons. The van der Waals surface area contributed by atoms with Crippen molar-refractivity contribution >= 4 is 23.6 Å². The minimum Gasteiger partial charge on any atom is -0.480 e. The van der Waals surface area contributed by atoms with Gasteiger partial charge in [-0.3, -0.25) is 0 Å². The van der Waals surface area contributed by atoms with Crippen LogP contribution in [0.1, 0.15) is 18.4 Å². The van der Waals surface area contributed by atoms with Crippen LogP contribution in [0.4, 0.5) is 4.79 Å². The molecule has 22 heavy (non-hydrogen) atoms. The summed E-state index contributed by atoms with van der Waals surface area (Å²) in [7, 11) is 1.62. The summed E-state index contributed by atoms with van der Waals surface area (Å²) in [4.78, 5) is 25.3. The van der Waals surface area contributed by atoms with Crippen molar-refractivity contribution in [3.8, 4) is 0 Å². The quantitative estimate of drug-likeness (QED) is 0.888. The Balaban J connectivity index is 2.02. The Morgan fingerprint density at radius 2 is 2.09 bits per heavy atom. The lowest BCUT2D eigenvalue weighted by atomic mass is 9.90. The highest BCUT2D eigenvalue weighted by Gasteiger charge is 2.42. The number of nitrogens with zero attached hydrogens (tertiary/aromatic N) is 1. The predicted molar refractivity (Wildman–Crippen MR) is 81.9 cm³/mol. The van der Waals surface area contributed by atoms with Gasteiger partial charge in [-0.1, -0.05) is 23.7 Å². The average molecular weight is 327 g/mol. The molecule has 0 unspecified atom stereocenters. The smallest absolute Gasteiger partial charge is 0.329 e. The van der Waals surface area contributed by atoms with Gasteiger partial charge < -0.3 is 20.1 Å². The fraction of sp³-hybridized carbons (Fsp3) is 0.467. The van der Waals surface area contributed by atoms with E-state index in [2.05, 4.69) is 5.32 Å². The van der Waals surface area contributed by atoms with Gasteiger partial charge in [0.2, 0.25) is 0 Å². The second-order valence-corrected chi connectivity index (χ2v) is 5.85. The minimum atomic E-state index is -1.25. The number of nitrogens with one attached hydrogen (secondary N) is 1. The van der Waals surface area contributed by atoms with Gasteiger partial charge in [0.05, 0.1) is 0 Å². The van der Waals surface area contributed by atoms with Crippen LogP contribution in [0.5, 0.6) is 0 Å². The molecule has 1 fully saturated rings. The monoisotopic (exact) mass is 326 g/mol. The second-order valence-electron chi connectivity index (χ2n) is 5.42. The Bertz CT molecular complexity index is 558. The van der Waals surface area contributed by atoms with Crippen molar-refractivity contribution in [2.24, 2.45) is 0 Å². The number of hydrogen-bond donors (Lipinski definition) is 2. The van der Waals surface area contributed by atoms with Crippen LogP contribution in [-0.2, 0) is 16.1 Å². The molecule has 1 aliphatic rings. The van der Waals surface area contributed by atoms with E-state index in [0.29, 0.717) is 24.8 Å². The summed E-state index contributed by atoms with van der Waals surface area (Å²) < 4.78 is 5.18. The minimum absolute atomic E-state index is 0.263. The number of rotatable bonds is 4. The van der Waals surface area contributed by atoms with Gasteiger partial charge in [0.25, 0.3) is 0 Å². The second kappa shape index (κ2) is 6.98. The van der Waals surface area contributed by atoms with Crippen LogP contribution in [-0.4, -0.2) is 47.8 Å². The molecule has 2 amide bonds. The number of amides is 2. The van der Waals surface area contributed by atoms with Gasteiger partial charge in [-0.2, -0.15) is 0 Å². The molecule has 1 aromatic rings. The predicted octanol–water partition coefficient (Wildman–Crippen LogP) is 2.12. The fourth-order valence-corrected chi connectivity index (χ4v) is 2.61. The van der Waals surface area contributed by atoms with Crippen molar-refractivity contribution in [2.45, 2.75) is 24.9 Å². The van der Waals surface area contributed by atoms with Crippen molar-refractivity contribution in [1.82, 2.24) is 10.2 Å². The van der Waals surface area contributed by atoms with E-state index in [1.165, 1.54) is 4.90 Å². The maximum absolute atomic E-state index is 12.3.